The largest absolute Gasteiger partial charge is 0.493 e. The zero-order chi connectivity index (χ0) is 19.9. The van der Waals surface area contributed by atoms with Crippen LogP contribution in [0.15, 0.2) is 46.0 Å². The Morgan fingerprint density at radius 2 is 2.07 bits per heavy atom. The Bertz CT molecular complexity index is 773. The zero-order valence-corrected chi connectivity index (χ0v) is 20.1. The predicted molar refractivity (Wildman–Crippen MR) is 128 cm³/mol. The van der Waals surface area contributed by atoms with Gasteiger partial charge in [-0.2, -0.15) is 0 Å². The molecule has 1 aromatic carbocycles. The van der Waals surface area contributed by atoms with Gasteiger partial charge in [-0.25, -0.2) is 0 Å². The van der Waals surface area contributed by atoms with E-state index in [9.17, 15) is 0 Å². The molecule has 1 heterocycles. The van der Waals surface area contributed by atoms with Crippen molar-refractivity contribution in [2.45, 2.75) is 32.4 Å². The summed E-state index contributed by atoms with van der Waals surface area (Å²) in [7, 11) is 5.87. The van der Waals surface area contributed by atoms with Gasteiger partial charge in [0.1, 0.15) is 11.5 Å². The van der Waals surface area contributed by atoms with Crippen molar-refractivity contribution in [2.75, 3.05) is 34.3 Å². The molecule has 1 unspecified atom stereocenters. The van der Waals surface area contributed by atoms with Crippen LogP contribution in [0.2, 0.25) is 0 Å². The maximum absolute atomic E-state index is 6.07. The molecule has 0 saturated heterocycles. The Balaban J connectivity index is 0.00000300. The molecule has 7 heteroatoms. The number of nitrogens with one attached hydrogen (secondary N) is 2. The maximum atomic E-state index is 6.07. The van der Waals surface area contributed by atoms with Gasteiger partial charge in [-0.05, 0) is 63.5 Å². The molecule has 3 rings (SSSR count). The van der Waals surface area contributed by atoms with Gasteiger partial charge in [-0.1, -0.05) is 12.1 Å². The summed E-state index contributed by atoms with van der Waals surface area (Å²) in [5.74, 6) is 3.39. The second-order valence-electron chi connectivity index (χ2n) is 7.67. The highest BCUT2D eigenvalue weighted by Gasteiger charge is 2.22. The number of guanidine groups is 1. The number of hydrogen-bond donors (Lipinski definition) is 2. The molecule has 2 N–H and O–H groups in total. The number of ether oxygens (including phenoxy) is 1. The standard InChI is InChI=1S/C22H32N4O2.HI/c1-16-7-10-18(21(12-16)28-15-17-8-9-17)13-24-22(23-2)25-14-19(26(3)4)20-6-5-11-27-20;/h5-7,10-12,17,19H,8-9,13-15H2,1-4H3,(H2,23,24,25);1H. The average Bonchev–Trinajstić information content (AvgIpc) is 3.36. The second-order valence-corrected chi connectivity index (χ2v) is 7.67. The number of likely N-dealkylation sites (N-methyl/N-ethyl adjacent to an activating group) is 1. The zero-order valence-electron chi connectivity index (χ0n) is 17.8. The lowest BCUT2D eigenvalue weighted by Crippen LogP contribution is -2.41. The number of aliphatic imine (C=N–C) groups is 1. The summed E-state index contributed by atoms with van der Waals surface area (Å²) in [6.07, 6.45) is 4.29. The van der Waals surface area contributed by atoms with Gasteiger partial charge < -0.3 is 19.8 Å². The van der Waals surface area contributed by atoms with E-state index >= 15 is 0 Å². The number of nitrogens with zero attached hydrogens (tertiary/aromatic N) is 2. The van der Waals surface area contributed by atoms with Crippen molar-refractivity contribution in [3.05, 3.63) is 53.5 Å². The first-order chi connectivity index (χ1) is 13.6. The molecule has 160 valence electrons. The van der Waals surface area contributed by atoms with Crippen LogP contribution in [0.25, 0.3) is 0 Å². The first-order valence-electron chi connectivity index (χ1n) is 9.93. The van der Waals surface area contributed by atoms with Crippen molar-refractivity contribution >= 4 is 29.9 Å². The van der Waals surface area contributed by atoms with Crippen LogP contribution in [0.3, 0.4) is 0 Å². The lowest BCUT2D eigenvalue weighted by molar-refractivity contribution is 0.258. The minimum atomic E-state index is 0. The third-order valence-electron chi connectivity index (χ3n) is 5.02. The van der Waals surface area contributed by atoms with E-state index in [2.05, 4.69) is 45.6 Å². The third-order valence-corrected chi connectivity index (χ3v) is 5.02. The third kappa shape index (κ3) is 7.22. The number of furan rings is 1. The Labute approximate surface area is 191 Å². The van der Waals surface area contributed by atoms with Gasteiger partial charge in [-0.3, -0.25) is 9.89 Å². The SMILES string of the molecule is CN=C(NCc1ccc(C)cc1OCC1CC1)NCC(c1ccco1)N(C)C.I. The molecule has 1 saturated carbocycles. The maximum Gasteiger partial charge on any atom is 0.191 e. The number of aryl methyl sites for hydroxylation is 1. The Hall–Kier alpha value is -1.74. The average molecular weight is 512 g/mol. The summed E-state index contributed by atoms with van der Waals surface area (Å²) < 4.78 is 11.6. The summed E-state index contributed by atoms with van der Waals surface area (Å²) in [6, 6.07) is 10.4. The van der Waals surface area contributed by atoms with Crippen LogP contribution < -0.4 is 15.4 Å². The van der Waals surface area contributed by atoms with E-state index in [0.29, 0.717) is 13.1 Å². The van der Waals surface area contributed by atoms with Crippen molar-refractivity contribution in [2.24, 2.45) is 10.9 Å². The van der Waals surface area contributed by atoms with E-state index in [1.807, 2.05) is 26.2 Å². The van der Waals surface area contributed by atoms with E-state index in [1.165, 1.54) is 18.4 Å². The highest BCUT2D eigenvalue weighted by atomic mass is 127. The van der Waals surface area contributed by atoms with Gasteiger partial charge in [0.15, 0.2) is 5.96 Å². The molecule has 0 bridgehead atoms. The van der Waals surface area contributed by atoms with E-state index in [4.69, 9.17) is 9.15 Å². The smallest absolute Gasteiger partial charge is 0.191 e. The topological polar surface area (TPSA) is 62.0 Å². The molecule has 2 aromatic rings. The Kier molecular flexibility index (Phi) is 9.29. The van der Waals surface area contributed by atoms with E-state index in [1.54, 1.807) is 13.3 Å². The van der Waals surface area contributed by atoms with Crippen molar-refractivity contribution < 1.29 is 9.15 Å². The molecule has 1 aliphatic rings. The van der Waals surface area contributed by atoms with Crippen molar-refractivity contribution in [3.63, 3.8) is 0 Å². The van der Waals surface area contributed by atoms with Crippen LogP contribution in [0.5, 0.6) is 5.75 Å². The fourth-order valence-electron chi connectivity index (χ4n) is 3.05. The van der Waals surface area contributed by atoms with Crippen LogP contribution in [-0.2, 0) is 6.54 Å². The van der Waals surface area contributed by atoms with Gasteiger partial charge in [0.05, 0.1) is 18.9 Å². The quantitative estimate of drug-likeness (QED) is 0.303. The minimum absolute atomic E-state index is 0. The molecule has 1 atom stereocenters. The Morgan fingerprint density at radius 3 is 2.69 bits per heavy atom. The Morgan fingerprint density at radius 1 is 1.28 bits per heavy atom. The fraction of sp³-hybridized carbons (Fsp3) is 0.500. The first-order valence-corrected chi connectivity index (χ1v) is 9.93. The summed E-state index contributed by atoms with van der Waals surface area (Å²) in [5, 5.41) is 6.80. The number of rotatable bonds is 9. The van der Waals surface area contributed by atoms with Crippen LogP contribution in [0.1, 0.15) is 35.8 Å². The van der Waals surface area contributed by atoms with Crippen molar-refractivity contribution in [3.8, 4) is 5.75 Å². The van der Waals surface area contributed by atoms with Crippen molar-refractivity contribution in [1.82, 2.24) is 15.5 Å². The molecule has 0 radical (unpaired) electrons. The predicted octanol–water partition coefficient (Wildman–Crippen LogP) is 3.96. The molecule has 0 spiro atoms. The van der Waals surface area contributed by atoms with Crippen LogP contribution in [0.4, 0.5) is 0 Å². The van der Waals surface area contributed by atoms with Crippen molar-refractivity contribution in [1.29, 1.82) is 0 Å². The van der Waals surface area contributed by atoms with Gasteiger partial charge >= 0.3 is 0 Å². The molecule has 1 fully saturated rings. The number of halogens is 1. The molecule has 0 aliphatic heterocycles. The molecular formula is C22H33IN4O2. The summed E-state index contributed by atoms with van der Waals surface area (Å²) >= 11 is 0. The van der Waals surface area contributed by atoms with Gasteiger partial charge in [-0.15, -0.1) is 24.0 Å². The van der Waals surface area contributed by atoms with Gasteiger partial charge in [0.2, 0.25) is 0 Å². The highest BCUT2D eigenvalue weighted by molar-refractivity contribution is 14.0. The number of hydrogen-bond acceptors (Lipinski definition) is 4. The number of benzene rings is 1. The molecule has 0 amide bonds. The second kappa shape index (κ2) is 11.4. The van der Waals surface area contributed by atoms with Gasteiger partial charge in [0, 0.05) is 25.7 Å². The summed E-state index contributed by atoms with van der Waals surface area (Å²) in [6.45, 7) is 4.27. The normalized spacial score (nSPS) is 15.0. The molecule has 1 aromatic heterocycles. The monoisotopic (exact) mass is 512 g/mol. The minimum Gasteiger partial charge on any atom is -0.493 e. The molecule has 29 heavy (non-hydrogen) atoms. The lowest BCUT2D eigenvalue weighted by atomic mass is 10.1. The van der Waals surface area contributed by atoms with Crippen LogP contribution in [0, 0.1) is 12.8 Å². The van der Waals surface area contributed by atoms with Gasteiger partial charge in [0.25, 0.3) is 0 Å². The summed E-state index contributed by atoms with van der Waals surface area (Å²) in [5.41, 5.74) is 2.36. The van der Waals surface area contributed by atoms with E-state index in [0.717, 1.165) is 35.6 Å². The van der Waals surface area contributed by atoms with E-state index in [-0.39, 0.29) is 30.0 Å². The van der Waals surface area contributed by atoms with Crippen LogP contribution >= 0.6 is 24.0 Å². The molecular weight excluding hydrogens is 479 g/mol. The van der Waals surface area contributed by atoms with Crippen LogP contribution in [-0.4, -0.2) is 45.2 Å². The molecule has 1 aliphatic carbocycles. The highest BCUT2D eigenvalue weighted by Crippen LogP contribution is 2.30. The fourth-order valence-corrected chi connectivity index (χ4v) is 3.05. The lowest BCUT2D eigenvalue weighted by Gasteiger charge is -2.24. The van der Waals surface area contributed by atoms with E-state index < -0.39 is 0 Å². The first kappa shape index (κ1) is 23.5. The molecule has 6 nitrogen and oxygen atoms in total. The summed E-state index contributed by atoms with van der Waals surface area (Å²) in [4.78, 5) is 6.48.